The molecule has 0 radical (unpaired) electrons. The number of aromatic carboxylic acids is 1. The van der Waals surface area contributed by atoms with Gasteiger partial charge in [0.15, 0.2) is 11.5 Å². The van der Waals surface area contributed by atoms with E-state index in [1.807, 2.05) is 0 Å². The van der Waals surface area contributed by atoms with Gasteiger partial charge >= 0.3 is 5.97 Å². The van der Waals surface area contributed by atoms with Gasteiger partial charge in [0.2, 0.25) is 0 Å². The first-order chi connectivity index (χ1) is 6.68. The van der Waals surface area contributed by atoms with Crippen molar-refractivity contribution >= 4 is 17.6 Å². The van der Waals surface area contributed by atoms with Crippen LogP contribution < -0.4 is 9.47 Å². The number of rotatable bonds is 1. The Balaban J connectivity index is 2.50. The fraction of sp³-hybridized carbons (Fsp3) is 0.222. The van der Waals surface area contributed by atoms with Gasteiger partial charge in [-0.1, -0.05) is 11.6 Å². The molecule has 0 aliphatic carbocycles. The van der Waals surface area contributed by atoms with Crippen molar-refractivity contribution in [3.63, 3.8) is 0 Å². The number of benzene rings is 1. The van der Waals surface area contributed by atoms with Crippen LogP contribution in [0.2, 0.25) is 5.02 Å². The molecule has 4 nitrogen and oxygen atoms in total. The lowest BCUT2D eigenvalue weighted by atomic mass is 10.2. The highest BCUT2D eigenvalue weighted by molar-refractivity contribution is 6.33. The maximum Gasteiger partial charge on any atom is 0.337 e. The van der Waals surface area contributed by atoms with Crippen LogP contribution in [0.5, 0.6) is 11.5 Å². The fourth-order valence-electron chi connectivity index (χ4n) is 1.23. The summed E-state index contributed by atoms with van der Waals surface area (Å²) in [5.41, 5.74) is 0.0240. The Hall–Kier alpha value is -1.42. The summed E-state index contributed by atoms with van der Waals surface area (Å²) in [6.07, 6.45) is 0. The predicted molar refractivity (Wildman–Crippen MR) is 49.4 cm³/mol. The monoisotopic (exact) mass is 214 g/mol. The lowest BCUT2D eigenvalue weighted by Crippen LogP contribution is -2.16. The molecule has 1 N–H and O–H groups in total. The molecule has 0 fully saturated rings. The first-order valence-corrected chi connectivity index (χ1v) is 4.38. The maximum absolute atomic E-state index is 10.7. The van der Waals surface area contributed by atoms with Gasteiger partial charge in [0, 0.05) is 12.1 Å². The third-order valence-corrected chi connectivity index (χ3v) is 2.17. The normalized spacial score (nSPS) is 13.8. The molecule has 14 heavy (non-hydrogen) atoms. The van der Waals surface area contributed by atoms with E-state index in [2.05, 4.69) is 0 Å². The number of hydrogen-bond acceptors (Lipinski definition) is 3. The summed E-state index contributed by atoms with van der Waals surface area (Å²) in [5.74, 6) is -0.156. The molecule has 1 aliphatic heterocycles. The number of fused-ring (bicyclic) bond motifs is 1. The summed E-state index contributed by atoms with van der Waals surface area (Å²) in [7, 11) is 0. The molecule has 0 atom stereocenters. The minimum atomic E-state index is -1.08. The Morgan fingerprint density at radius 2 is 1.86 bits per heavy atom. The second-order valence-electron chi connectivity index (χ2n) is 2.78. The second-order valence-corrected chi connectivity index (χ2v) is 3.19. The first kappa shape index (κ1) is 9.15. The van der Waals surface area contributed by atoms with Crippen LogP contribution in [-0.4, -0.2) is 24.3 Å². The number of carbonyl (C=O) groups is 1. The summed E-state index contributed by atoms with van der Waals surface area (Å²) >= 11 is 5.74. The Morgan fingerprint density at radius 1 is 1.29 bits per heavy atom. The van der Waals surface area contributed by atoms with E-state index in [0.29, 0.717) is 24.7 Å². The zero-order valence-corrected chi connectivity index (χ0v) is 7.87. The van der Waals surface area contributed by atoms with E-state index in [0.717, 1.165) is 0 Å². The first-order valence-electron chi connectivity index (χ1n) is 4.01. The molecular formula is C9H7ClO4. The van der Waals surface area contributed by atoms with Gasteiger partial charge in [0.05, 0.1) is 10.6 Å². The molecule has 0 saturated heterocycles. The number of carboxylic acid groups (broad SMARTS) is 1. The smallest absolute Gasteiger partial charge is 0.337 e. The highest BCUT2D eigenvalue weighted by Crippen LogP contribution is 2.35. The Morgan fingerprint density at radius 3 is 2.43 bits per heavy atom. The van der Waals surface area contributed by atoms with Gasteiger partial charge in [0.25, 0.3) is 0 Å². The van der Waals surface area contributed by atoms with E-state index >= 15 is 0 Å². The molecule has 0 amide bonds. The van der Waals surface area contributed by atoms with Gasteiger partial charge in [0.1, 0.15) is 13.2 Å². The Kier molecular flexibility index (Phi) is 2.21. The van der Waals surface area contributed by atoms with Crippen molar-refractivity contribution in [3.05, 3.63) is 22.7 Å². The summed E-state index contributed by atoms with van der Waals surface area (Å²) in [4.78, 5) is 10.7. The van der Waals surface area contributed by atoms with Crippen molar-refractivity contribution in [2.45, 2.75) is 0 Å². The second kappa shape index (κ2) is 3.38. The summed E-state index contributed by atoms with van der Waals surface area (Å²) in [6.45, 7) is 0.878. The van der Waals surface area contributed by atoms with Gasteiger partial charge < -0.3 is 14.6 Å². The molecule has 1 heterocycles. The van der Waals surface area contributed by atoms with Gasteiger partial charge in [-0.2, -0.15) is 0 Å². The van der Waals surface area contributed by atoms with Crippen molar-refractivity contribution in [1.29, 1.82) is 0 Å². The molecule has 0 spiro atoms. The molecule has 1 aromatic rings. The molecule has 1 aliphatic rings. The van der Waals surface area contributed by atoms with Crippen LogP contribution in [0.15, 0.2) is 12.1 Å². The van der Waals surface area contributed by atoms with Crippen molar-refractivity contribution < 1.29 is 19.4 Å². The molecule has 0 bridgehead atoms. The van der Waals surface area contributed by atoms with E-state index in [-0.39, 0.29) is 10.6 Å². The Bertz CT molecular complexity index is 389. The van der Waals surface area contributed by atoms with Crippen LogP contribution in [-0.2, 0) is 0 Å². The number of hydrogen-bond donors (Lipinski definition) is 1. The van der Waals surface area contributed by atoms with Crippen LogP contribution in [0.25, 0.3) is 0 Å². The lowest BCUT2D eigenvalue weighted by Gasteiger charge is -2.18. The molecule has 0 saturated carbocycles. The molecule has 5 heteroatoms. The zero-order valence-electron chi connectivity index (χ0n) is 7.12. The van der Waals surface area contributed by atoms with E-state index in [4.69, 9.17) is 26.2 Å². The quantitative estimate of drug-likeness (QED) is 0.775. The van der Waals surface area contributed by atoms with Crippen LogP contribution in [0.1, 0.15) is 10.4 Å². The number of ether oxygens (including phenoxy) is 2. The molecule has 74 valence electrons. The van der Waals surface area contributed by atoms with Gasteiger partial charge in [-0.05, 0) is 0 Å². The van der Waals surface area contributed by atoms with Crippen molar-refractivity contribution in [2.24, 2.45) is 0 Å². The van der Waals surface area contributed by atoms with Crippen LogP contribution in [0, 0.1) is 0 Å². The number of halogens is 1. The van der Waals surface area contributed by atoms with Crippen molar-refractivity contribution in [1.82, 2.24) is 0 Å². The van der Waals surface area contributed by atoms with Gasteiger partial charge in [-0.25, -0.2) is 4.79 Å². The van der Waals surface area contributed by atoms with Crippen molar-refractivity contribution in [3.8, 4) is 11.5 Å². The van der Waals surface area contributed by atoms with Crippen molar-refractivity contribution in [2.75, 3.05) is 13.2 Å². The third-order valence-electron chi connectivity index (χ3n) is 1.86. The Labute approximate surface area is 85.0 Å². The van der Waals surface area contributed by atoms with Gasteiger partial charge in [-0.3, -0.25) is 0 Å². The fourth-order valence-corrected chi connectivity index (χ4v) is 1.46. The minimum Gasteiger partial charge on any atom is -0.486 e. The van der Waals surface area contributed by atoms with E-state index < -0.39 is 5.97 Å². The SMILES string of the molecule is O=C(O)c1cc2c(cc1Cl)OCCO2. The molecule has 2 rings (SSSR count). The van der Waals surface area contributed by atoms with E-state index in [1.54, 1.807) is 0 Å². The zero-order chi connectivity index (χ0) is 10.1. The lowest BCUT2D eigenvalue weighted by molar-refractivity contribution is 0.0696. The third kappa shape index (κ3) is 1.48. The average Bonchev–Trinajstić information content (AvgIpc) is 2.16. The standard InChI is InChI=1S/C9H7ClO4/c10-6-4-8-7(13-1-2-14-8)3-5(6)9(11)12/h3-4H,1-2H2,(H,11,12). The molecule has 1 aromatic carbocycles. The van der Waals surface area contributed by atoms with Crippen LogP contribution >= 0.6 is 11.6 Å². The summed E-state index contributed by atoms with van der Waals surface area (Å²) in [6, 6.07) is 2.83. The maximum atomic E-state index is 10.7. The van der Waals surface area contributed by atoms with E-state index in [9.17, 15) is 4.79 Å². The topological polar surface area (TPSA) is 55.8 Å². The molecular weight excluding hydrogens is 208 g/mol. The summed E-state index contributed by atoms with van der Waals surface area (Å²) < 4.78 is 10.5. The van der Waals surface area contributed by atoms with Crippen LogP contribution in [0.3, 0.4) is 0 Å². The number of carboxylic acids is 1. The molecule has 0 unspecified atom stereocenters. The summed E-state index contributed by atoms with van der Waals surface area (Å²) in [5, 5.41) is 8.94. The molecule has 0 aromatic heterocycles. The van der Waals surface area contributed by atoms with Crippen LogP contribution in [0.4, 0.5) is 0 Å². The highest BCUT2D eigenvalue weighted by Gasteiger charge is 2.18. The van der Waals surface area contributed by atoms with Gasteiger partial charge in [-0.15, -0.1) is 0 Å². The average molecular weight is 215 g/mol. The predicted octanol–water partition coefficient (Wildman–Crippen LogP) is 1.81. The highest BCUT2D eigenvalue weighted by atomic mass is 35.5. The van der Waals surface area contributed by atoms with E-state index in [1.165, 1.54) is 12.1 Å². The minimum absolute atomic E-state index is 0.0240. The largest absolute Gasteiger partial charge is 0.486 e.